The number of hydrogen-bond acceptors (Lipinski definition) is 3. The van der Waals surface area contributed by atoms with Gasteiger partial charge in [0.1, 0.15) is 9.84 Å². The van der Waals surface area contributed by atoms with Crippen LogP contribution < -0.4 is 5.32 Å². The van der Waals surface area contributed by atoms with Gasteiger partial charge in [-0.1, -0.05) is 22.0 Å². The van der Waals surface area contributed by atoms with Crippen LogP contribution in [0.5, 0.6) is 0 Å². The van der Waals surface area contributed by atoms with Crippen molar-refractivity contribution in [3.8, 4) is 0 Å². The molecule has 0 heterocycles. The molecule has 1 atom stereocenters. The number of halogens is 1. The van der Waals surface area contributed by atoms with Crippen molar-refractivity contribution in [2.45, 2.75) is 19.9 Å². The largest absolute Gasteiger partial charge is 0.381 e. The fraction of sp³-hybridized carbons (Fsp3) is 0.455. The predicted molar refractivity (Wildman–Crippen MR) is 71.7 cm³/mol. The van der Waals surface area contributed by atoms with E-state index in [1.165, 1.54) is 6.26 Å². The average molecular weight is 306 g/mol. The normalized spacial score (nSPS) is 13.5. The Morgan fingerprint density at radius 2 is 2.06 bits per heavy atom. The molecular weight excluding hydrogens is 290 g/mol. The van der Waals surface area contributed by atoms with Crippen molar-refractivity contribution in [1.82, 2.24) is 0 Å². The molecular formula is C11H16BrNO2S. The molecule has 1 aromatic carbocycles. The van der Waals surface area contributed by atoms with E-state index in [4.69, 9.17) is 0 Å². The summed E-state index contributed by atoms with van der Waals surface area (Å²) in [6.07, 6.45) is 1.25. The molecule has 0 aromatic heterocycles. The van der Waals surface area contributed by atoms with Crippen LogP contribution in [0.25, 0.3) is 0 Å². The highest BCUT2D eigenvalue weighted by molar-refractivity contribution is 9.10. The van der Waals surface area contributed by atoms with Crippen molar-refractivity contribution >= 4 is 31.5 Å². The van der Waals surface area contributed by atoms with E-state index in [9.17, 15) is 8.42 Å². The molecule has 0 fully saturated rings. The molecule has 3 nitrogen and oxygen atoms in total. The first-order valence-electron chi connectivity index (χ1n) is 4.99. The van der Waals surface area contributed by atoms with Gasteiger partial charge < -0.3 is 5.32 Å². The van der Waals surface area contributed by atoms with Crippen LogP contribution in [-0.2, 0) is 9.84 Å². The monoisotopic (exact) mass is 305 g/mol. The van der Waals surface area contributed by atoms with Gasteiger partial charge >= 0.3 is 0 Å². The molecule has 90 valence electrons. The van der Waals surface area contributed by atoms with Gasteiger partial charge in [0.15, 0.2) is 0 Å². The quantitative estimate of drug-likeness (QED) is 0.930. The van der Waals surface area contributed by atoms with Gasteiger partial charge in [0.05, 0.1) is 5.75 Å². The number of hydrogen-bond donors (Lipinski definition) is 1. The summed E-state index contributed by atoms with van der Waals surface area (Å²) in [7, 11) is -2.94. The summed E-state index contributed by atoms with van der Waals surface area (Å²) in [6.45, 7) is 3.85. The van der Waals surface area contributed by atoms with Crippen LogP contribution >= 0.6 is 15.9 Å². The standard InChI is InChI=1S/C11H16BrNO2S/c1-8(7-16(3,14)15)13-11-6-4-5-10(12)9(11)2/h4-6,8,13H,7H2,1-3H3. The molecule has 1 N–H and O–H groups in total. The Labute approximate surface area is 105 Å². The van der Waals surface area contributed by atoms with Gasteiger partial charge in [0, 0.05) is 22.5 Å². The van der Waals surface area contributed by atoms with Crippen LogP contribution in [0.2, 0.25) is 0 Å². The van der Waals surface area contributed by atoms with Gasteiger partial charge in [-0.15, -0.1) is 0 Å². The Balaban J connectivity index is 2.77. The van der Waals surface area contributed by atoms with Crippen molar-refractivity contribution in [2.75, 3.05) is 17.3 Å². The van der Waals surface area contributed by atoms with Crippen molar-refractivity contribution in [2.24, 2.45) is 0 Å². The fourth-order valence-electron chi connectivity index (χ4n) is 1.53. The summed E-state index contributed by atoms with van der Waals surface area (Å²) >= 11 is 3.44. The summed E-state index contributed by atoms with van der Waals surface area (Å²) in [5, 5.41) is 3.20. The van der Waals surface area contributed by atoms with Crippen molar-refractivity contribution in [3.05, 3.63) is 28.2 Å². The van der Waals surface area contributed by atoms with Crippen molar-refractivity contribution < 1.29 is 8.42 Å². The molecule has 0 aliphatic rings. The topological polar surface area (TPSA) is 46.2 Å². The molecule has 1 aromatic rings. The van der Waals surface area contributed by atoms with Gasteiger partial charge in [-0.2, -0.15) is 0 Å². The minimum Gasteiger partial charge on any atom is -0.381 e. The van der Waals surface area contributed by atoms with E-state index in [0.29, 0.717) is 0 Å². The number of sulfone groups is 1. The molecule has 0 bridgehead atoms. The van der Waals surface area contributed by atoms with Crippen molar-refractivity contribution in [1.29, 1.82) is 0 Å². The van der Waals surface area contributed by atoms with E-state index in [1.54, 1.807) is 0 Å². The zero-order chi connectivity index (χ0) is 12.3. The maximum absolute atomic E-state index is 11.1. The molecule has 1 unspecified atom stereocenters. The summed E-state index contributed by atoms with van der Waals surface area (Å²) in [5.74, 6) is 0.138. The zero-order valence-electron chi connectivity index (χ0n) is 9.62. The lowest BCUT2D eigenvalue weighted by molar-refractivity contribution is 0.598. The van der Waals surface area contributed by atoms with E-state index in [-0.39, 0.29) is 11.8 Å². The highest BCUT2D eigenvalue weighted by atomic mass is 79.9. The van der Waals surface area contributed by atoms with Gasteiger partial charge in [-0.3, -0.25) is 0 Å². The molecule has 1 rings (SSSR count). The van der Waals surface area contributed by atoms with E-state index in [1.807, 2.05) is 32.0 Å². The maximum atomic E-state index is 11.1. The first-order chi connectivity index (χ1) is 7.29. The smallest absolute Gasteiger partial charge is 0.149 e. The maximum Gasteiger partial charge on any atom is 0.149 e. The molecule has 0 aliphatic heterocycles. The molecule has 0 aliphatic carbocycles. The van der Waals surface area contributed by atoms with Gasteiger partial charge in [0.25, 0.3) is 0 Å². The number of anilines is 1. The Morgan fingerprint density at radius 3 is 2.62 bits per heavy atom. The second-order valence-electron chi connectivity index (χ2n) is 4.05. The van der Waals surface area contributed by atoms with Crippen LogP contribution in [0.4, 0.5) is 5.69 Å². The third-order valence-electron chi connectivity index (χ3n) is 2.22. The summed E-state index contributed by atoms with van der Waals surface area (Å²) < 4.78 is 23.3. The summed E-state index contributed by atoms with van der Waals surface area (Å²) in [5.41, 5.74) is 2.05. The fourth-order valence-corrected chi connectivity index (χ4v) is 2.88. The van der Waals surface area contributed by atoms with E-state index in [2.05, 4.69) is 21.2 Å². The van der Waals surface area contributed by atoms with Crippen LogP contribution in [0.15, 0.2) is 22.7 Å². The molecule has 0 amide bonds. The molecule has 0 radical (unpaired) electrons. The summed E-state index contributed by atoms with van der Waals surface area (Å²) in [6, 6.07) is 5.73. The number of nitrogens with one attached hydrogen (secondary N) is 1. The lowest BCUT2D eigenvalue weighted by Crippen LogP contribution is -2.25. The van der Waals surface area contributed by atoms with Crippen LogP contribution in [0.3, 0.4) is 0 Å². The lowest BCUT2D eigenvalue weighted by atomic mass is 10.2. The lowest BCUT2D eigenvalue weighted by Gasteiger charge is -2.16. The molecule has 0 saturated carbocycles. The average Bonchev–Trinajstić information content (AvgIpc) is 2.09. The first kappa shape index (κ1) is 13.5. The van der Waals surface area contributed by atoms with E-state index in [0.717, 1.165) is 15.7 Å². The second-order valence-corrected chi connectivity index (χ2v) is 7.09. The van der Waals surface area contributed by atoms with Crippen LogP contribution in [0.1, 0.15) is 12.5 Å². The SMILES string of the molecule is Cc1c(Br)cccc1NC(C)CS(C)(=O)=O. The second kappa shape index (κ2) is 5.19. The predicted octanol–water partition coefficient (Wildman–Crippen LogP) is 2.60. The Morgan fingerprint density at radius 1 is 1.44 bits per heavy atom. The minimum absolute atomic E-state index is 0.0944. The van der Waals surface area contributed by atoms with Gasteiger partial charge in [0.2, 0.25) is 0 Å². The third-order valence-corrected chi connectivity index (χ3v) is 4.19. The van der Waals surface area contributed by atoms with Crippen molar-refractivity contribution in [3.63, 3.8) is 0 Å². The Bertz CT molecular complexity index is 471. The van der Waals surface area contributed by atoms with Crippen LogP contribution in [-0.4, -0.2) is 26.5 Å². The Hall–Kier alpha value is -0.550. The highest BCUT2D eigenvalue weighted by Gasteiger charge is 2.11. The van der Waals surface area contributed by atoms with E-state index < -0.39 is 9.84 Å². The van der Waals surface area contributed by atoms with Gasteiger partial charge in [-0.05, 0) is 31.5 Å². The molecule has 5 heteroatoms. The summed E-state index contributed by atoms with van der Waals surface area (Å²) in [4.78, 5) is 0. The number of benzene rings is 1. The molecule has 16 heavy (non-hydrogen) atoms. The van der Waals surface area contributed by atoms with E-state index >= 15 is 0 Å². The first-order valence-corrected chi connectivity index (χ1v) is 7.84. The highest BCUT2D eigenvalue weighted by Crippen LogP contribution is 2.24. The molecule has 0 saturated heterocycles. The number of rotatable bonds is 4. The molecule has 0 spiro atoms. The zero-order valence-corrected chi connectivity index (χ0v) is 12.0. The third kappa shape index (κ3) is 4.14. The minimum atomic E-state index is -2.94. The Kier molecular flexibility index (Phi) is 4.38. The van der Waals surface area contributed by atoms with Gasteiger partial charge in [-0.25, -0.2) is 8.42 Å². The van der Waals surface area contributed by atoms with Crippen LogP contribution in [0, 0.1) is 6.92 Å².